The minimum atomic E-state index is 0. The summed E-state index contributed by atoms with van der Waals surface area (Å²) >= 11 is 0. The second kappa shape index (κ2) is 6.11. The fourth-order valence-corrected chi connectivity index (χ4v) is 2.80. The van der Waals surface area contributed by atoms with Crippen LogP contribution in [0.25, 0.3) is 28.2 Å². The van der Waals surface area contributed by atoms with Crippen molar-refractivity contribution in [1.29, 1.82) is 0 Å². The van der Waals surface area contributed by atoms with Gasteiger partial charge in [-0.3, -0.25) is 4.98 Å². The van der Waals surface area contributed by atoms with E-state index in [1.54, 1.807) is 6.07 Å². The number of hydrogen-bond donors (Lipinski definition) is 0. The Balaban J connectivity index is 0.00000156. The van der Waals surface area contributed by atoms with Gasteiger partial charge in [-0.2, -0.15) is 0 Å². The zero-order valence-electron chi connectivity index (χ0n) is 12.7. The Bertz CT molecular complexity index is 951. The molecule has 0 aliphatic heterocycles. The number of nitrogens with zero attached hydrogens (tertiary/aromatic N) is 3. The molecule has 0 saturated heterocycles. The molecular weight excluding hydrogens is 466 g/mol. The van der Waals surface area contributed by atoms with Crippen molar-refractivity contribution < 1.29 is 24.5 Å². The van der Waals surface area contributed by atoms with E-state index in [1.165, 1.54) is 17.5 Å². The molecule has 0 N–H and O–H groups in total. The van der Waals surface area contributed by atoms with E-state index in [4.69, 9.17) is 4.42 Å². The first-order valence-electron chi connectivity index (χ1n) is 7.09. The first-order valence-corrected chi connectivity index (χ1v) is 7.09. The molecule has 5 heteroatoms. The molecule has 0 fully saturated rings. The van der Waals surface area contributed by atoms with Crippen LogP contribution in [0, 0.1) is 19.9 Å². The minimum absolute atomic E-state index is 0. The van der Waals surface area contributed by atoms with Crippen LogP contribution in [0.2, 0.25) is 0 Å². The van der Waals surface area contributed by atoms with Crippen LogP contribution >= 0.6 is 0 Å². The van der Waals surface area contributed by atoms with E-state index < -0.39 is 0 Å². The minimum Gasteiger partial charge on any atom is -0.490 e. The average Bonchev–Trinajstić information content (AvgIpc) is 3.15. The third kappa shape index (κ3) is 2.62. The summed E-state index contributed by atoms with van der Waals surface area (Å²) in [6, 6.07) is 13.3. The van der Waals surface area contributed by atoms with Crippen molar-refractivity contribution in [3.05, 3.63) is 66.3 Å². The van der Waals surface area contributed by atoms with Crippen molar-refractivity contribution in [1.82, 2.24) is 14.5 Å². The summed E-state index contributed by atoms with van der Waals surface area (Å²) in [5.41, 5.74) is 6.01. The van der Waals surface area contributed by atoms with Crippen LogP contribution in [0.4, 0.5) is 0 Å². The van der Waals surface area contributed by atoms with E-state index in [2.05, 4.69) is 52.6 Å². The molecule has 0 spiro atoms. The molecule has 117 valence electrons. The zero-order chi connectivity index (χ0) is 15.1. The summed E-state index contributed by atoms with van der Waals surface area (Å²) in [6.07, 6.45) is 5.23. The van der Waals surface area contributed by atoms with Crippen molar-refractivity contribution >= 4 is 11.1 Å². The summed E-state index contributed by atoms with van der Waals surface area (Å²) in [6.45, 7) is 4.22. The van der Waals surface area contributed by atoms with Gasteiger partial charge < -0.3 is 8.98 Å². The van der Waals surface area contributed by atoms with E-state index in [1.807, 2.05) is 18.5 Å². The van der Waals surface area contributed by atoms with Crippen LogP contribution in [0.1, 0.15) is 11.1 Å². The largest absolute Gasteiger partial charge is 0.490 e. The molecule has 23 heavy (non-hydrogen) atoms. The maximum Gasteiger partial charge on any atom is 0.169 e. The number of benzene rings is 2. The number of rotatable bonds is 2. The molecule has 0 aliphatic rings. The number of aryl methyl sites for hydroxylation is 2. The predicted molar refractivity (Wildman–Crippen MR) is 84.9 cm³/mol. The Morgan fingerprint density at radius 3 is 2.70 bits per heavy atom. The van der Waals surface area contributed by atoms with Crippen LogP contribution in [-0.4, -0.2) is 14.5 Å². The number of hydrogen-bond acceptors (Lipinski definition) is 3. The van der Waals surface area contributed by atoms with E-state index >= 15 is 0 Å². The summed E-state index contributed by atoms with van der Waals surface area (Å²) in [5, 5.41) is 0. The molecule has 4 rings (SSSR count). The van der Waals surface area contributed by atoms with Gasteiger partial charge in [0.15, 0.2) is 6.39 Å². The van der Waals surface area contributed by atoms with Gasteiger partial charge in [0, 0.05) is 43.7 Å². The van der Waals surface area contributed by atoms with Gasteiger partial charge >= 0.3 is 0 Å². The van der Waals surface area contributed by atoms with E-state index in [-0.39, 0.29) is 20.1 Å². The SMILES string of the molecule is Cc1cccc(C)c1-n1ccnc1-c1[c-]cc2ocnc2c1.[Ir]. The molecule has 0 amide bonds. The van der Waals surface area contributed by atoms with Gasteiger partial charge in [-0.15, -0.1) is 23.8 Å². The number of aromatic nitrogens is 3. The van der Waals surface area contributed by atoms with E-state index in [9.17, 15) is 0 Å². The van der Waals surface area contributed by atoms with Crippen LogP contribution in [0.15, 0.2) is 53.5 Å². The fourth-order valence-electron chi connectivity index (χ4n) is 2.80. The van der Waals surface area contributed by atoms with Crippen molar-refractivity contribution in [2.24, 2.45) is 0 Å². The quantitative estimate of drug-likeness (QED) is 0.406. The molecule has 4 aromatic rings. The Kier molecular flexibility index (Phi) is 4.16. The molecule has 1 radical (unpaired) electrons. The summed E-state index contributed by atoms with van der Waals surface area (Å²) in [5.74, 6) is 0.849. The van der Waals surface area contributed by atoms with Crippen molar-refractivity contribution in [2.75, 3.05) is 0 Å². The maximum atomic E-state index is 5.27. The molecule has 0 unspecified atom stereocenters. The number of imidazole rings is 1. The predicted octanol–water partition coefficient (Wildman–Crippen LogP) is 4.10. The number of fused-ring (bicyclic) bond motifs is 1. The molecular formula is C18H14IrN3O-. The first-order chi connectivity index (χ1) is 10.7. The topological polar surface area (TPSA) is 43.9 Å². The molecule has 0 saturated carbocycles. The standard InChI is InChI=1S/C18H14N3O.Ir/c1-12-4-3-5-13(2)17(12)21-9-8-19-18(21)14-6-7-16-15(10-14)20-11-22-16;/h3-5,7-11H,1-2H3;/q-1;. The van der Waals surface area contributed by atoms with Crippen molar-refractivity contribution in [3.63, 3.8) is 0 Å². The molecule has 2 aromatic carbocycles. The Hall–Kier alpha value is -2.23. The third-order valence-corrected chi connectivity index (χ3v) is 3.83. The smallest absolute Gasteiger partial charge is 0.169 e. The van der Waals surface area contributed by atoms with Crippen LogP contribution in [-0.2, 0) is 20.1 Å². The monoisotopic (exact) mass is 481 g/mol. The van der Waals surface area contributed by atoms with Gasteiger partial charge in [0.05, 0.1) is 11.4 Å². The molecule has 2 heterocycles. The Labute approximate surface area is 147 Å². The zero-order valence-corrected chi connectivity index (χ0v) is 15.1. The van der Waals surface area contributed by atoms with Gasteiger partial charge in [-0.25, -0.2) is 4.98 Å². The van der Waals surface area contributed by atoms with Gasteiger partial charge in [0.2, 0.25) is 0 Å². The fraction of sp³-hybridized carbons (Fsp3) is 0.111. The molecule has 0 aliphatic carbocycles. The average molecular weight is 481 g/mol. The van der Waals surface area contributed by atoms with Crippen molar-refractivity contribution in [3.8, 4) is 17.1 Å². The third-order valence-electron chi connectivity index (χ3n) is 3.83. The second-order valence-electron chi connectivity index (χ2n) is 5.31. The van der Waals surface area contributed by atoms with Gasteiger partial charge in [-0.1, -0.05) is 18.2 Å². The first kappa shape index (κ1) is 15.7. The van der Waals surface area contributed by atoms with Gasteiger partial charge in [-0.05, 0) is 25.0 Å². The van der Waals surface area contributed by atoms with Gasteiger partial charge in [0.1, 0.15) is 0 Å². The maximum absolute atomic E-state index is 5.27. The second-order valence-corrected chi connectivity index (χ2v) is 5.31. The number of para-hydroxylation sites is 1. The van der Waals surface area contributed by atoms with Crippen LogP contribution < -0.4 is 0 Å². The Morgan fingerprint density at radius 1 is 1.13 bits per heavy atom. The van der Waals surface area contributed by atoms with E-state index in [0.717, 1.165) is 28.2 Å². The van der Waals surface area contributed by atoms with Crippen molar-refractivity contribution in [2.45, 2.75) is 13.8 Å². The molecule has 0 bridgehead atoms. The normalized spacial score (nSPS) is 10.7. The van der Waals surface area contributed by atoms with E-state index in [0.29, 0.717) is 0 Å². The van der Waals surface area contributed by atoms with Crippen LogP contribution in [0.3, 0.4) is 0 Å². The molecule has 0 atom stereocenters. The van der Waals surface area contributed by atoms with Gasteiger partial charge in [0.25, 0.3) is 0 Å². The summed E-state index contributed by atoms with van der Waals surface area (Å²) < 4.78 is 7.37. The summed E-state index contributed by atoms with van der Waals surface area (Å²) in [7, 11) is 0. The molecule has 2 aromatic heterocycles. The molecule has 4 nitrogen and oxygen atoms in total. The number of oxazole rings is 1. The van der Waals surface area contributed by atoms with Crippen LogP contribution in [0.5, 0.6) is 0 Å². The Morgan fingerprint density at radius 2 is 1.91 bits per heavy atom. The summed E-state index contributed by atoms with van der Waals surface area (Å²) in [4.78, 5) is 8.71.